The van der Waals surface area contributed by atoms with Gasteiger partial charge in [0.05, 0.1) is 5.92 Å². The second-order valence-electron chi connectivity index (χ2n) is 3.60. The average molecular weight is 171 g/mol. The minimum absolute atomic E-state index is 0.00921. The summed E-state index contributed by atoms with van der Waals surface area (Å²) in [5.41, 5.74) is -0.173. The average Bonchev–Trinajstić information content (AvgIpc) is 2.49. The van der Waals surface area contributed by atoms with Crippen LogP contribution in [0.1, 0.15) is 13.8 Å². The normalized spacial score (nSPS) is 31.9. The van der Waals surface area contributed by atoms with Crippen LogP contribution in [0.25, 0.3) is 0 Å². The van der Waals surface area contributed by atoms with Crippen LogP contribution >= 0.6 is 0 Å². The molecule has 2 atom stereocenters. The molecule has 4 heteroatoms. The van der Waals surface area contributed by atoms with Gasteiger partial charge in [-0.3, -0.25) is 4.79 Å². The summed E-state index contributed by atoms with van der Waals surface area (Å²) in [6, 6.07) is 0. The molecular weight excluding hydrogens is 158 g/mol. The maximum absolute atomic E-state index is 10.6. The van der Waals surface area contributed by atoms with E-state index in [-0.39, 0.29) is 17.3 Å². The van der Waals surface area contributed by atoms with Crippen molar-refractivity contribution in [1.29, 1.82) is 0 Å². The van der Waals surface area contributed by atoms with Crippen molar-refractivity contribution in [2.45, 2.75) is 13.8 Å². The maximum atomic E-state index is 10.6. The monoisotopic (exact) mass is 171 g/mol. The van der Waals surface area contributed by atoms with Crippen molar-refractivity contribution in [3.05, 3.63) is 0 Å². The van der Waals surface area contributed by atoms with E-state index in [1.807, 2.05) is 13.8 Å². The fourth-order valence-corrected chi connectivity index (χ4v) is 1.55. The minimum atomic E-state index is -0.757. The van der Waals surface area contributed by atoms with Crippen LogP contribution in [0.2, 0.25) is 0 Å². The molecule has 1 unspecified atom stereocenters. The number of carbonyl (C=O) groups is 1. The highest BCUT2D eigenvalue weighted by Crippen LogP contribution is 2.57. The molecule has 12 heavy (non-hydrogen) atoms. The van der Waals surface area contributed by atoms with Crippen LogP contribution in [0.5, 0.6) is 0 Å². The molecule has 0 aromatic carbocycles. The number of rotatable bonds is 3. The van der Waals surface area contributed by atoms with Gasteiger partial charge in [-0.1, -0.05) is 19.0 Å². The number of oxime groups is 1. The molecule has 0 aromatic rings. The predicted octanol–water partition coefficient (Wildman–Crippen LogP) is 0.975. The Kier molecular flexibility index (Phi) is 2.08. The van der Waals surface area contributed by atoms with Gasteiger partial charge in [0.25, 0.3) is 0 Å². The lowest BCUT2D eigenvalue weighted by molar-refractivity contribution is -0.139. The summed E-state index contributed by atoms with van der Waals surface area (Å²) in [7, 11) is 1.45. The molecule has 1 rings (SSSR count). The van der Waals surface area contributed by atoms with Crippen LogP contribution in [0.3, 0.4) is 0 Å². The molecule has 1 aliphatic carbocycles. The van der Waals surface area contributed by atoms with Gasteiger partial charge in [-0.2, -0.15) is 0 Å². The number of carboxylic acid groups (broad SMARTS) is 1. The second kappa shape index (κ2) is 2.77. The van der Waals surface area contributed by atoms with Crippen LogP contribution in [0.15, 0.2) is 5.16 Å². The summed E-state index contributed by atoms with van der Waals surface area (Å²) in [6.07, 6.45) is 1.57. The molecule has 0 heterocycles. The molecule has 1 N–H and O–H groups in total. The molecular formula is C8H13NO3. The Morgan fingerprint density at radius 2 is 2.25 bits per heavy atom. The summed E-state index contributed by atoms with van der Waals surface area (Å²) in [6.45, 7) is 3.83. The van der Waals surface area contributed by atoms with E-state index >= 15 is 0 Å². The Hall–Kier alpha value is -1.06. The van der Waals surface area contributed by atoms with E-state index in [9.17, 15) is 4.79 Å². The highest BCUT2D eigenvalue weighted by Gasteiger charge is 2.61. The van der Waals surface area contributed by atoms with Crippen LogP contribution in [-0.2, 0) is 9.63 Å². The van der Waals surface area contributed by atoms with E-state index in [1.54, 1.807) is 6.21 Å². The molecule has 0 spiro atoms. The third-order valence-electron chi connectivity index (χ3n) is 2.50. The molecule has 0 saturated heterocycles. The van der Waals surface area contributed by atoms with Crippen LogP contribution < -0.4 is 0 Å². The Labute approximate surface area is 71.2 Å². The van der Waals surface area contributed by atoms with Gasteiger partial charge in [-0.25, -0.2) is 0 Å². The number of hydrogen-bond donors (Lipinski definition) is 1. The van der Waals surface area contributed by atoms with Crippen molar-refractivity contribution in [3.8, 4) is 0 Å². The van der Waals surface area contributed by atoms with Crippen LogP contribution in [0.4, 0.5) is 0 Å². The Morgan fingerprint density at radius 1 is 1.67 bits per heavy atom. The summed E-state index contributed by atoms with van der Waals surface area (Å²) >= 11 is 0. The SMILES string of the molecule is CON=CC1[C@@H](C(=O)O)C1(C)C. The van der Waals surface area contributed by atoms with Gasteiger partial charge in [0.15, 0.2) is 0 Å². The molecule has 68 valence electrons. The summed E-state index contributed by atoms with van der Waals surface area (Å²) < 4.78 is 0. The molecule has 4 nitrogen and oxygen atoms in total. The molecule has 0 amide bonds. The van der Waals surface area contributed by atoms with Crippen LogP contribution in [0, 0.1) is 17.3 Å². The number of aliphatic carboxylic acids is 1. The van der Waals surface area contributed by atoms with E-state index in [4.69, 9.17) is 5.11 Å². The zero-order valence-corrected chi connectivity index (χ0v) is 7.44. The molecule has 0 aromatic heterocycles. The summed E-state index contributed by atoms with van der Waals surface area (Å²) in [5.74, 6) is -1.06. The highest BCUT2D eigenvalue weighted by molar-refractivity contribution is 5.84. The second-order valence-corrected chi connectivity index (χ2v) is 3.60. The van der Waals surface area contributed by atoms with Gasteiger partial charge < -0.3 is 9.94 Å². The molecule has 1 saturated carbocycles. The first-order valence-corrected chi connectivity index (χ1v) is 3.81. The van der Waals surface area contributed by atoms with Crippen molar-refractivity contribution >= 4 is 12.2 Å². The largest absolute Gasteiger partial charge is 0.481 e. The van der Waals surface area contributed by atoms with Gasteiger partial charge in [0, 0.05) is 12.1 Å². The molecule has 1 fully saturated rings. The van der Waals surface area contributed by atoms with Gasteiger partial charge in [-0.15, -0.1) is 0 Å². The lowest BCUT2D eigenvalue weighted by Crippen LogP contribution is -2.03. The first-order valence-electron chi connectivity index (χ1n) is 3.81. The minimum Gasteiger partial charge on any atom is -0.481 e. The zero-order chi connectivity index (χ0) is 9.35. The molecule has 0 bridgehead atoms. The van der Waals surface area contributed by atoms with Crippen molar-refractivity contribution in [3.63, 3.8) is 0 Å². The third kappa shape index (κ3) is 1.29. The van der Waals surface area contributed by atoms with E-state index in [2.05, 4.69) is 9.99 Å². The van der Waals surface area contributed by atoms with E-state index in [1.165, 1.54) is 7.11 Å². The van der Waals surface area contributed by atoms with E-state index < -0.39 is 5.97 Å². The van der Waals surface area contributed by atoms with E-state index in [0.29, 0.717) is 0 Å². The Bertz CT molecular complexity index is 222. The van der Waals surface area contributed by atoms with E-state index in [0.717, 1.165) is 0 Å². The molecule has 1 aliphatic rings. The lowest BCUT2D eigenvalue weighted by atomic mass is 10.1. The first-order chi connectivity index (χ1) is 5.51. The molecule has 0 radical (unpaired) electrons. The lowest BCUT2D eigenvalue weighted by Gasteiger charge is -1.95. The number of hydrogen-bond acceptors (Lipinski definition) is 3. The van der Waals surface area contributed by atoms with Crippen molar-refractivity contribution in [2.75, 3.05) is 7.11 Å². The fourth-order valence-electron chi connectivity index (χ4n) is 1.55. The van der Waals surface area contributed by atoms with Crippen molar-refractivity contribution in [2.24, 2.45) is 22.4 Å². The Balaban J connectivity index is 2.60. The topological polar surface area (TPSA) is 58.9 Å². The number of nitrogens with zero attached hydrogens (tertiary/aromatic N) is 1. The maximum Gasteiger partial charge on any atom is 0.307 e. The smallest absolute Gasteiger partial charge is 0.307 e. The summed E-state index contributed by atoms with van der Waals surface area (Å²) in [4.78, 5) is 15.1. The van der Waals surface area contributed by atoms with Crippen LogP contribution in [-0.4, -0.2) is 24.4 Å². The third-order valence-corrected chi connectivity index (χ3v) is 2.50. The standard InChI is InChI=1S/C8H13NO3/c1-8(2)5(4-9-12-3)6(8)7(10)11/h4-6H,1-3H3,(H,10,11)/t5?,6-/m0/s1. The summed E-state index contributed by atoms with van der Waals surface area (Å²) in [5, 5.41) is 12.3. The van der Waals surface area contributed by atoms with Gasteiger partial charge in [0.2, 0.25) is 0 Å². The van der Waals surface area contributed by atoms with Gasteiger partial charge in [-0.05, 0) is 5.41 Å². The van der Waals surface area contributed by atoms with Gasteiger partial charge in [0.1, 0.15) is 7.11 Å². The Morgan fingerprint density at radius 3 is 2.58 bits per heavy atom. The quantitative estimate of drug-likeness (QED) is 0.508. The first kappa shape index (κ1) is 9.03. The van der Waals surface area contributed by atoms with Crippen molar-refractivity contribution in [1.82, 2.24) is 0 Å². The number of carboxylic acids is 1. The molecule has 0 aliphatic heterocycles. The van der Waals surface area contributed by atoms with Crippen molar-refractivity contribution < 1.29 is 14.7 Å². The predicted molar refractivity (Wildman–Crippen MR) is 43.9 cm³/mol. The van der Waals surface area contributed by atoms with Gasteiger partial charge >= 0.3 is 5.97 Å². The zero-order valence-electron chi connectivity index (χ0n) is 7.44. The highest BCUT2D eigenvalue weighted by atomic mass is 16.6. The fraction of sp³-hybridized carbons (Fsp3) is 0.750.